The number of β-amino-alcohol motifs (C(OH)–C–C–N with tert-alkyl or cyclic N) is 1. The van der Waals surface area contributed by atoms with E-state index in [0.717, 1.165) is 5.82 Å². The lowest BCUT2D eigenvalue weighted by molar-refractivity contribution is 0.0408. The largest absolute Gasteiger partial charge is 0.383 e. The summed E-state index contributed by atoms with van der Waals surface area (Å²) in [6.45, 7) is 2.21. The van der Waals surface area contributed by atoms with E-state index >= 15 is 0 Å². The van der Waals surface area contributed by atoms with Crippen molar-refractivity contribution in [2.75, 3.05) is 19.7 Å². The summed E-state index contributed by atoms with van der Waals surface area (Å²) in [6, 6.07) is 5.79. The number of nitrogens with zero attached hydrogens (tertiary/aromatic N) is 3. The molecule has 1 atom stereocenters. The minimum Gasteiger partial charge on any atom is -0.383 e. The standard InChI is InChI=1S/C17H18FN3O3/c18-13-3-1-12(2-4-13)17(23)5-6-20(11-17)16(22)14-9-19-15-10-24-8-7-21(14)15/h1-4,9,23H,5-8,10-11H2. The van der Waals surface area contributed by atoms with Crippen molar-refractivity contribution in [1.82, 2.24) is 14.5 Å². The predicted octanol–water partition coefficient (Wildman–Crippen LogP) is 1.29. The SMILES string of the molecule is O=C(c1cnc2n1CCOC2)N1CCC(O)(c2ccc(F)cc2)C1. The van der Waals surface area contributed by atoms with Gasteiger partial charge in [-0.3, -0.25) is 4.79 Å². The smallest absolute Gasteiger partial charge is 0.272 e. The fraction of sp³-hybridized carbons (Fsp3) is 0.412. The van der Waals surface area contributed by atoms with E-state index in [2.05, 4.69) is 4.98 Å². The number of hydrogen-bond acceptors (Lipinski definition) is 4. The molecule has 126 valence electrons. The number of halogens is 1. The maximum Gasteiger partial charge on any atom is 0.272 e. The van der Waals surface area contributed by atoms with Crippen LogP contribution in [0.25, 0.3) is 0 Å². The second-order valence-corrected chi connectivity index (χ2v) is 6.28. The van der Waals surface area contributed by atoms with Crippen LogP contribution in [-0.2, 0) is 23.5 Å². The van der Waals surface area contributed by atoms with Crippen molar-refractivity contribution >= 4 is 5.91 Å². The molecule has 0 spiro atoms. The topological polar surface area (TPSA) is 67.6 Å². The van der Waals surface area contributed by atoms with Gasteiger partial charge in [-0.25, -0.2) is 9.37 Å². The number of imidazole rings is 1. The van der Waals surface area contributed by atoms with Gasteiger partial charge in [-0.1, -0.05) is 12.1 Å². The van der Waals surface area contributed by atoms with Gasteiger partial charge in [0, 0.05) is 13.1 Å². The first-order valence-corrected chi connectivity index (χ1v) is 7.97. The van der Waals surface area contributed by atoms with Crippen molar-refractivity contribution in [2.24, 2.45) is 0 Å². The molecule has 7 heteroatoms. The van der Waals surface area contributed by atoms with Gasteiger partial charge in [-0.2, -0.15) is 0 Å². The summed E-state index contributed by atoms with van der Waals surface area (Å²) in [5.41, 5.74) is 0.0107. The second kappa shape index (κ2) is 5.68. The van der Waals surface area contributed by atoms with Gasteiger partial charge in [-0.05, 0) is 24.1 Å². The van der Waals surface area contributed by atoms with Crippen LogP contribution >= 0.6 is 0 Å². The summed E-state index contributed by atoms with van der Waals surface area (Å²) in [5.74, 6) is 0.257. The molecule has 2 aromatic rings. The van der Waals surface area contributed by atoms with Gasteiger partial charge in [-0.15, -0.1) is 0 Å². The van der Waals surface area contributed by atoms with Crippen LogP contribution in [0.5, 0.6) is 0 Å². The molecule has 0 radical (unpaired) electrons. The summed E-state index contributed by atoms with van der Waals surface area (Å²) in [7, 11) is 0. The minimum absolute atomic E-state index is 0.145. The van der Waals surface area contributed by atoms with Crippen molar-refractivity contribution in [3.8, 4) is 0 Å². The quantitative estimate of drug-likeness (QED) is 0.900. The molecule has 6 nitrogen and oxygen atoms in total. The number of carbonyl (C=O) groups excluding carboxylic acids is 1. The van der Waals surface area contributed by atoms with Gasteiger partial charge < -0.3 is 19.3 Å². The second-order valence-electron chi connectivity index (χ2n) is 6.28. The monoisotopic (exact) mass is 331 g/mol. The van der Waals surface area contributed by atoms with Gasteiger partial charge >= 0.3 is 0 Å². The number of aromatic nitrogens is 2. The van der Waals surface area contributed by atoms with Crippen LogP contribution in [0.4, 0.5) is 4.39 Å². The number of benzene rings is 1. The molecule has 3 heterocycles. The molecule has 0 saturated carbocycles. The Morgan fingerprint density at radius 2 is 2.08 bits per heavy atom. The summed E-state index contributed by atoms with van der Waals surface area (Å²) < 4.78 is 20.3. The molecule has 1 aromatic carbocycles. The lowest BCUT2D eigenvalue weighted by atomic mass is 9.93. The number of ether oxygens (including phenoxy) is 1. The lowest BCUT2D eigenvalue weighted by Crippen LogP contribution is -2.36. The molecule has 2 aliphatic rings. The average molecular weight is 331 g/mol. The third-order valence-electron chi connectivity index (χ3n) is 4.76. The Morgan fingerprint density at radius 1 is 1.29 bits per heavy atom. The van der Waals surface area contributed by atoms with Gasteiger partial charge in [0.05, 0.1) is 19.3 Å². The molecule has 0 aliphatic carbocycles. The highest BCUT2D eigenvalue weighted by Crippen LogP contribution is 2.33. The van der Waals surface area contributed by atoms with Crippen LogP contribution < -0.4 is 0 Å². The van der Waals surface area contributed by atoms with Crippen molar-refractivity contribution in [3.63, 3.8) is 0 Å². The fourth-order valence-electron chi connectivity index (χ4n) is 3.39. The van der Waals surface area contributed by atoms with Crippen molar-refractivity contribution < 1.29 is 19.0 Å². The number of rotatable bonds is 2. The van der Waals surface area contributed by atoms with Crippen LogP contribution in [0.15, 0.2) is 30.5 Å². The van der Waals surface area contributed by atoms with E-state index in [1.807, 2.05) is 4.57 Å². The molecule has 24 heavy (non-hydrogen) atoms. The first-order valence-electron chi connectivity index (χ1n) is 7.97. The van der Waals surface area contributed by atoms with Crippen molar-refractivity contribution in [2.45, 2.75) is 25.2 Å². The highest BCUT2D eigenvalue weighted by atomic mass is 19.1. The molecule has 1 amide bonds. The molecular formula is C17H18FN3O3. The zero-order valence-electron chi connectivity index (χ0n) is 13.1. The Hall–Kier alpha value is -2.25. The van der Waals surface area contributed by atoms with Gasteiger partial charge in [0.15, 0.2) is 0 Å². The number of fused-ring (bicyclic) bond motifs is 1. The van der Waals surface area contributed by atoms with Crippen LogP contribution in [0.2, 0.25) is 0 Å². The maximum atomic E-state index is 13.1. The maximum absolute atomic E-state index is 13.1. The van der Waals surface area contributed by atoms with E-state index in [4.69, 9.17) is 4.74 Å². The Kier molecular flexibility index (Phi) is 3.62. The molecule has 1 unspecified atom stereocenters. The van der Waals surface area contributed by atoms with Crippen molar-refractivity contribution in [3.05, 3.63) is 53.4 Å². The average Bonchev–Trinajstić information content (AvgIpc) is 3.19. The molecular weight excluding hydrogens is 313 g/mol. The van der Waals surface area contributed by atoms with Gasteiger partial charge in [0.2, 0.25) is 0 Å². The lowest BCUT2D eigenvalue weighted by Gasteiger charge is -2.24. The van der Waals surface area contributed by atoms with Crippen LogP contribution in [0.1, 0.15) is 28.3 Å². The molecule has 4 rings (SSSR count). The summed E-state index contributed by atoms with van der Waals surface area (Å²) in [4.78, 5) is 18.7. The minimum atomic E-state index is -1.14. The molecule has 2 aliphatic heterocycles. The van der Waals surface area contributed by atoms with Gasteiger partial charge in [0.1, 0.15) is 29.5 Å². The fourth-order valence-corrected chi connectivity index (χ4v) is 3.39. The first kappa shape index (κ1) is 15.3. The summed E-state index contributed by atoms with van der Waals surface area (Å²) in [5, 5.41) is 10.8. The van der Waals surface area contributed by atoms with E-state index in [1.165, 1.54) is 12.1 Å². The Balaban J connectivity index is 1.55. The summed E-state index contributed by atoms with van der Waals surface area (Å²) in [6.07, 6.45) is 2.00. The number of likely N-dealkylation sites (tertiary alicyclic amines) is 1. The normalized spacial score (nSPS) is 23.3. The third kappa shape index (κ3) is 2.50. The zero-order valence-corrected chi connectivity index (χ0v) is 13.1. The number of carbonyl (C=O) groups is 1. The van der Waals surface area contributed by atoms with Crippen molar-refractivity contribution in [1.29, 1.82) is 0 Å². The number of hydrogen-bond donors (Lipinski definition) is 1. The van der Waals surface area contributed by atoms with E-state index < -0.39 is 5.60 Å². The first-order chi connectivity index (χ1) is 11.6. The molecule has 0 bridgehead atoms. The molecule has 1 aromatic heterocycles. The van der Waals surface area contributed by atoms with E-state index in [1.54, 1.807) is 23.2 Å². The third-order valence-corrected chi connectivity index (χ3v) is 4.76. The van der Waals surface area contributed by atoms with Gasteiger partial charge in [0.25, 0.3) is 5.91 Å². The molecule has 1 fully saturated rings. The van der Waals surface area contributed by atoms with Crippen LogP contribution in [0.3, 0.4) is 0 Å². The Bertz CT molecular complexity index is 774. The number of aliphatic hydroxyl groups is 1. The van der Waals surface area contributed by atoms with E-state index in [-0.39, 0.29) is 18.3 Å². The molecule has 1 N–H and O–H groups in total. The van der Waals surface area contributed by atoms with Crippen LogP contribution in [-0.4, -0.2) is 45.2 Å². The van der Waals surface area contributed by atoms with E-state index in [9.17, 15) is 14.3 Å². The highest BCUT2D eigenvalue weighted by molar-refractivity contribution is 5.92. The Labute approximate surface area is 138 Å². The predicted molar refractivity (Wildman–Crippen MR) is 82.7 cm³/mol. The summed E-state index contributed by atoms with van der Waals surface area (Å²) >= 11 is 0. The Morgan fingerprint density at radius 3 is 2.88 bits per heavy atom. The van der Waals surface area contributed by atoms with Crippen LogP contribution in [0, 0.1) is 5.82 Å². The molecule has 1 saturated heterocycles. The zero-order chi connectivity index (χ0) is 16.7. The van der Waals surface area contributed by atoms with E-state index in [0.29, 0.717) is 44.0 Å². The number of amides is 1. The highest BCUT2D eigenvalue weighted by Gasteiger charge is 2.40.